The van der Waals surface area contributed by atoms with Crippen molar-refractivity contribution in [1.82, 2.24) is 9.55 Å². The van der Waals surface area contributed by atoms with E-state index in [0.29, 0.717) is 12.2 Å². The van der Waals surface area contributed by atoms with E-state index in [4.69, 9.17) is 11.6 Å². The molecule has 0 aliphatic carbocycles. The first kappa shape index (κ1) is 23.3. The minimum absolute atomic E-state index is 0.620. The Hall–Kier alpha value is -4.42. The third-order valence-electron chi connectivity index (χ3n) is 6.95. The zero-order chi connectivity index (χ0) is 25.2. The normalized spacial score (nSPS) is 10.9. The highest BCUT2D eigenvalue weighted by Gasteiger charge is 2.19. The molecule has 176 valence electrons. The van der Waals surface area contributed by atoms with Crippen molar-refractivity contribution in [3.8, 4) is 33.6 Å². The lowest BCUT2D eigenvalue weighted by Gasteiger charge is -2.22. The number of imidazole rings is 1. The fourth-order valence-corrected chi connectivity index (χ4v) is 5.29. The second-order valence-electron chi connectivity index (χ2n) is 9.41. The van der Waals surface area contributed by atoms with E-state index in [2.05, 4.69) is 91.7 Å². The minimum atomic E-state index is 0.620. The van der Waals surface area contributed by atoms with Gasteiger partial charge in [0.05, 0.1) is 13.1 Å². The molecule has 0 aliphatic heterocycles. The van der Waals surface area contributed by atoms with E-state index >= 15 is 0 Å². The molecule has 3 nitrogen and oxygen atoms in total. The first-order valence-electron chi connectivity index (χ1n) is 12.2. The average Bonchev–Trinajstić information content (AvgIpc) is 3.33. The van der Waals surface area contributed by atoms with Gasteiger partial charge in [0.25, 0.3) is 0 Å². The maximum atomic E-state index is 7.42. The predicted molar refractivity (Wildman–Crippen MR) is 149 cm³/mol. The summed E-state index contributed by atoms with van der Waals surface area (Å²) in [7, 11) is 0. The molecule has 0 atom stereocenters. The summed E-state index contributed by atoms with van der Waals surface area (Å²) in [6, 6.07) is 27.4. The maximum absolute atomic E-state index is 7.42. The second kappa shape index (κ2) is 9.68. The predicted octanol–water partition coefficient (Wildman–Crippen LogP) is 8.72. The quantitative estimate of drug-likeness (QED) is 0.237. The summed E-state index contributed by atoms with van der Waals surface area (Å²) in [4.78, 5) is 8.31. The molecular weight excluding hydrogens is 438 g/mol. The highest BCUT2D eigenvalue weighted by Crippen LogP contribution is 2.39. The summed E-state index contributed by atoms with van der Waals surface area (Å²) in [6.07, 6.45) is 3.88. The van der Waals surface area contributed by atoms with Gasteiger partial charge in [-0.05, 0) is 83.8 Å². The monoisotopic (exact) mass is 467 g/mol. The Balaban J connectivity index is 1.75. The number of aromatic nitrogens is 2. The van der Waals surface area contributed by atoms with Gasteiger partial charge in [-0.25, -0.2) is 9.83 Å². The first-order valence-corrected chi connectivity index (χ1v) is 12.2. The molecule has 5 rings (SSSR count). The van der Waals surface area contributed by atoms with Gasteiger partial charge >= 0.3 is 0 Å². The van der Waals surface area contributed by atoms with E-state index in [1.165, 1.54) is 50.1 Å². The van der Waals surface area contributed by atoms with Crippen molar-refractivity contribution in [2.24, 2.45) is 0 Å². The molecular formula is C33H29N3. The largest absolute Gasteiger partial charge is 0.327 e. The van der Waals surface area contributed by atoms with Crippen LogP contribution in [-0.4, -0.2) is 9.55 Å². The van der Waals surface area contributed by atoms with E-state index in [1.54, 1.807) is 0 Å². The van der Waals surface area contributed by atoms with Crippen molar-refractivity contribution in [1.29, 1.82) is 0 Å². The Morgan fingerprint density at radius 3 is 1.81 bits per heavy atom. The summed E-state index contributed by atoms with van der Waals surface area (Å²) < 4.78 is 2.20. The van der Waals surface area contributed by atoms with Crippen LogP contribution in [0, 0.1) is 34.3 Å². The van der Waals surface area contributed by atoms with Gasteiger partial charge in [0.1, 0.15) is 5.82 Å². The Labute approximate surface area is 213 Å². The highest BCUT2D eigenvalue weighted by atomic mass is 15.1. The Kier molecular flexibility index (Phi) is 6.27. The van der Waals surface area contributed by atoms with Crippen LogP contribution in [0.2, 0.25) is 0 Å². The van der Waals surface area contributed by atoms with Crippen LogP contribution in [0.15, 0.2) is 91.3 Å². The lowest BCUT2D eigenvalue weighted by molar-refractivity contribution is 0.809. The van der Waals surface area contributed by atoms with Crippen LogP contribution < -0.4 is 0 Å². The molecule has 36 heavy (non-hydrogen) atoms. The van der Waals surface area contributed by atoms with Gasteiger partial charge in [0.15, 0.2) is 5.69 Å². The van der Waals surface area contributed by atoms with Crippen molar-refractivity contribution in [2.75, 3.05) is 0 Å². The maximum Gasteiger partial charge on any atom is 0.187 e. The molecule has 0 unspecified atom stereocenters. The molecule has 0 fully saturated rings. The summed E-state index contributed by atoms with van der Waals surface area (Å²) in [5.41, 5.74) is 13.0. The zero-order valence-corrected chi connectivity index (χ0v) is 21.2. The van der Waals surface area contributed by atoms with E-state index in [0.717, 1.165) is 11.4 Å². The van der Waals surface area contributed by atoms with Crippen molar-refractivity contribution < 1.29 is 0 Å². The second-order valence-corrected chi connectivity index (χ2v) is 9.41. The smallest absolute Gasteiger partial charge is 0.187 e. The number of rotatable bonds is 5. The number of benzene rings is 4. The van der Waals surface area contributed by atoms with Crippen LogP contribution in [0.3, 0.4) is 0 Å². The lowest BCUT2D eigenvalue weighted by Crippen LogP contribution is -2.06. The van der Waals surface area contributed by atoms with Crippen LogP contribution in [-0.2, 0) is 6.54 Å². The molecule has 0 saturated carbocycles. The molecule has 0 amide bonds. The molecule has 0 spiro atoms. The third-order valence-corrected chi connectivity index (χ3v) is 6.95. The van der Waals surface area contributed by atoms with Gasteiger partial charge in [0, 0.05) is 18.0 Å². The minimum Gasteiger partial charge on any atom is -0.327 e. The highest BCUT2D eigenvalue weighted by molar-refractivity contribution is 5.83. The summed E-state index contributed by atoms with van der Waals surface area (Å²) in [6.45, 7) is 16.9. The lowest BCUT2D eigenvalue weighted by atomic mass is 9.85. The van der Waals surface area contributed by atoms with Crippen molar-refractivity contribution >= 4 is 5.69 Å². The molecule has 3 heteroatoms. The first-order chi connectivity index (χ1) is 17.5. The van der Waals surface area contributed by atoms with E-state index in [1.807, 2.05) is 36.7 Å². The molecule has 1 heterocycles. The number of aryl methyl sites for hydroxylation is 4. The number of hydrogen-bond donors (Lipinski definition) is 0. The van der Waals surface area contributed by atoms with Gasteiger partial charge in [0.2, 0.25) is 0 Å². The van der Waals surface area contributed by atoms with Crippen LogP contribution in [0.1, 0.15) is 27.8 Å². The van der Waals surface area contributed by atoms with E-state index in [9.17, 15) is 0 Å². The number of hydrogen-bond acceptors (Lipinski definition) is 1. The molecule has 0 radical (unpaired) electrons. The molecule has 0 N–H and O–H groups in total. The Morgan fingerprint density at radius 1 is 0.722 bits per heavy atom. The fraction of sp³-hybridized carbons (Fsp3) is 0.152. The Bertz CT molecular complexity index is 1500. The molecule has 5 aromatic rings. The van der Waals surface area contributed by atoms with Crippen LogP contribution in [0.5, 0.6) is 0 Å². The zero-order valence-electron chi connectivity index (χ0n) is 21.2. The number of nitrogens with zero attached hydrogens (tertiary/aromatic N) is 3. The molecule has 0 aliphatic rings. The topological polar surface area (TPSA) is 22.2 Å². The van der Waals surface area contributed by atoms with Crippen LogP contribution >= 0.6 is 0 Å². The van der Waals surface area contributed by atoms with Gasteiger partial charge in [-0.2, -0.15) is 0 Å². The summed E-state index contributed by atoms with van der Waals surface area (Å²) >= 11 is 0. The summed E-state index contributed by atoms with van der Waals surface area (Å²) in [5, 5.41) is 0. The van der Waals surface area contributed by atoms with E-state index in [-0.39, 0.29) is 0 Å². The van der Waals surface area contributed by atoms with Gasteiger partial charge in [-0.1, -0.05) is 72.8 Å². The van der Waals surface area contributed by atoms with E-state index < -0.39 is 0 Å². The van der Waals surface area contributed by atoms with Crippen molar-refractivity contribution in [3.05, 3.63) is 130 Å². The SMILES string of the molecule is [C-]#[N+]c1cccc(-c2nccn2Cc2c(-c3c(C)cccc3C)cccc2-c2c(C)cccc2C)c1. The van der Waals surface area contributed by atoms with Crippen molar-refractivity contribution in [2.45, 2.75) is 34.2 Å². The fourth-order valence-electron chi connectivity index (χ4n) is 5.29. The van der Waals surface area contributed by atoms with Crippen molar-refractivity contribution in [3.63, 3.8) is 0 Å². The standard InChI is InChI=1S/C33H29N3/c1-22-10-6-11-23(2)31(22)28-16-9-17-29(32-24(3)12-7-13-25(32)4)30(28)21-36-19-18-35-33(36)26-14-8-15-27(20-26)34-5/h6-20H,21H2,1-4H3. The van der Waals surface area contributed by atoms with Gasteiger partial charge < -0.3 is 4.57 Å². The van der Waals surface area contributed by atoms with Gasteiger partial charge in [-0.3, -0.25) is 0 Å². The van der Waals surface area contributed by atoms with Crippen LogP contribution in [0.25, 0.3) is 38.5 Å². The van der Waals surface area contributed by atoms with Gasteiger partial charge in [-0.15, -0.1) is 0 Å². The summed E-state index contributed by atoms with van der Waals surface area (Å²) in [5.74, 6) is 0.865. The molecule has 1 aromatic heterocycles. The molecule has 0 bridgehead atoms. The third kappa shape index (κ3) is 4.23. The Morgan fingerprint density at radius 2 is 1.25 bits per heavy atom. The molecule has 4 aromatic carbocycles. The average molecular weight is 468 g/mol. The van der Waals surface area contributed by atoms with Crippen LogP contribution in [0.4, 0.5) is 5.69 Å². The molecule has 0 saturated heterocycles.